The summed E-state index contributed by atoms with van der Waals surface area (Å²) in [5, 5.41) is 2.83. The van der Waals surface area contributed by atoms with Gasteiger partial charge in [0, 0.05) is 0 Å². The summed E-state index contributed by atoms with van der Waals surface area (Å²) in [5.41, 5.74) is 0.338. The van der Waals surface area contributed by atoms with Crippen molar-refractivity contribution in [2.45, 2.75) is 58.0 Å². The smallest absolute Gasteiger partial charge is 0.407 e. The van der Waals surface area contributed by atoms with Crippen LogP contribution < -0.4 is 5.32 Å². The minimum atomic E-state index is -0.517. The Hall–Kier alpha value is -0.660. The highest BCUT2D eigenvalue weighted by molar-refractivity contribution is 9.11. The van der Waals surface area contributed by atoms with Crippen molar-refractivity contribution in [3.8, 4) is 0 Å². The van der Waals surface area contributed by atoms with E-state index in [2.05, 4.69) is 37.2 Å². The maximum absolute atomic E-state index is 13.5. The molecule has 0 aliphatic heterocycles. The molecule has 0 spiro atoms. The Morgan fingerprint density at radius 1 is 1.30 bits per heavy atom. The minimum Gasteiger partial charge on any atom is -0.444 e. The highest BCUT2D eigenvalue weighted by Crippen LogP contribution is 2.28. The van der Waals surface area contributed by atoms with E-state index in [9.17, 15) is 9.18 Å². The quantitative estimate of drug-likeness (QED) is 0.659. The average molecular weight is 453 g/mol. The number of carbonyl (C=O) groups is 1. The van der Waals surface area contributed by atoms with Crippen molar-refractivity contribution < 1.29 is 18.7 Å². The van der Waals surface area contributed by atoms with Crippen LogP contribution in [-0.2, 0) is 16.1 Å². The van der Waals surface area contributed by atoms with E-state index in [-0.39, 0.29) is 18.0 Å². The Morgan fingerprint density at radius 3 is 2.39 bits per heavy atom. The molecule has 1 saturated carbocycles. The number of halogens is 3. The lowest BCUT2D eigenvalue weighted by atomic mass is 9.89. The van der Waals surface area contributed by atoms with Crippen molar-refractivity contribution in [1.82, 2.24) is 5.32 Å². The van der Waals surface area contributed by atoms with Gasteiger partial charge >= 0.3 is 6.09 Å². The van der Waals surface area contributed by atoms with Gasteiger partial charge in [0.05, 0.1) is 27.7 Å². The molecule has 0 unspecified atom stereocenters. The largest absolute Gasteiger partial charge is 0.444 e. The van der Waals surface area contributed by atoms with Gasteiger partial charge in [-0.1, -0.05) is 0 Å². The Bertz CT molecular complexity index is 566. The van der Waals surface area contributed by atoms with Crippen molar-refractivity contribution in [1.29, 1.82) is 0 Å². The molecule has 0 heterocycles. The molecule has 0 aromatic heterocycles. The molecule has 0 radical (unpaired) electrons. The highest BCUT2D eigenvalue weighted by Gasteiger charge is 2.34. The number of hydrogen-bond donors (Lipinski definition) is 1. The maximum Gasteiger partial charge on any atom is 0.407 e. The first-order chi connectivity index (χ1) is 10.7. The van der Waals surface area contributed by atoms with Gasteiger partial charge < -0.3 is 14.8 Å². The standard InChI is InChI=1S/C16H20Br2FNO3/c1-16(2,3)23-15(21)20-12-4-5-13(12)22-8-9-6-10(17)14(19)11(18)7-9/h6-7,12-13H,4-5,8H2,1-3H3,(H,20,21)/t12-,13-/m1/s1. The summed E-state index contributed by atoms with van der Waals surface area (Å²) in [6.45, 7) is 5.83. The molecule has 1 aromatic carbocycles. The van der Waals surface area contributed by atoms with Gasteiger partial charge in [-0.2, -0.15) is 0 Å². The fraction of sp³-hybridized carbons (Fsp3) is 0.562. The van der Waals surface area contributed by atoms with E-state index < -0.39 is 11.7 Å². The van der Waals surface area contributed by atoms with Crippen LogP contribution in [0.25, 0.3) is 0 Å². The van der Waals surface area contributed by atoms with Gasteiger partial charge in [-0.3, -0.25) is 0 Å². The Kier molecular flexibility index (Phi) is 6.08. The Labute approximate surface area is 152 Å². The zero-order valence-electron chi connectivity index (χ0n) is 13.3. The summed E-state index contributed by atoms with van der Waals surface area (Å²) in [4.78, 5) is 11.8. The monoisotopic (exact) mass is 451 g/mol. The number of nitrogens with one attached hydrogen (secondary N) is 1. The fourth-order valence-electron chi connectivity index (χ4n) is 2.19. The molecule has 1 amide bonds. The van der Waals surface area contributed by atoms with Crippen molar-refractivity contribution >= 4 is 38.0 Å². The minimum absolute atomic E-state index is 0.0443. The van der Waals surface area contributed by atoms with Crippen molar-refractivity contribution in [2.75, 3.05) is 0 Å². The number of carbonyl (C=O) groups excluding carboxylic acids is 1. The molecule has 1 aromatic rings. The molecule has 2 atom stereocenters. The van der Waals surface area contributed by atoms with Crippen LogP contribution in [0.3, 0.4) is 0 Å². The van der Waals surface area contributed by atoms with Gasteiger partial charge in [0.1, 0.15) is 5.60 Å². The lowest BCUT2D eigenvalue weighted by Gasteiger charge is -2.37. The van der Waals surface area contributed by atoms with Crippen molar-refractivity contribution in [2.24, 2.45) is 0 Å². The molecule has 1 N–H and O–H groups in total. The fourth-order valence-corrected chi connectivity index (χ4v) is 3.47. The number of benzene rings is 1. The molecule has 7 heteroatoms. The highest BCUT2D eigenvalue weighted by atomic mass is 79.9. The van der Waals surface area contributed by atoms with Crippen molar-refractivity contribution in [3.05, 3.63) is 32.5 Å². The number of alkyl carbamates (subject to hydrolysis) is 1. The van der Waals surface area contributed by atoms with Crippen LogP contribution in [0.2, 0.25) is 0 Å². The van der Waals surface area contributed by atoms with E-state index in [0.29, 0.717) is 15.6 Å². The molecule has 0 bridgehead atoms. The van der Waals surface area contributed by atoms with E-state index in [4.69, 9.17) is 9.47 Å². The first kappa shape index (κ1) is 18.7. The second kappa shape index (κ2) is 7.49. The number of rotatable bonds is 4. The van der Waals surface area contributed by atoms with E-state index >= 15 is 0 Å². The SMILES string of the molecule is CC(C)(C)OC(=O)N[C@@H]1CC[C@H]1OCc1cc(Br)c(F)c(Br)c1. The van der Waals surface area contributed by atoms with E-state index in [0.717, 1.165) is 18.4 Å². The summed E-state index contributed by atoms with van der Waals surface area (Å²) in [6, 6.07) is 3.33. The van der Waals surface area contributed by atoms with E-state index in [1.54, 1.807) is 12.1 Å². The molecular weight excluding hydrogens is 433 g/mol. The summed E-state index contributed by atoms with van der Waals surface area (Å²) in [5.74, 6) is -0.332. The van der Waals surface area contributed by atoms with Crippen molar-refractivity contribution in [3.63, 3.8) is 0 Å². The summed E-state index contributed by atoms with van der Waals surface area (Å²) < 4.78 is 25.4. The summed E-state index contributed by atoms with van der Waals surface area (Å²) >= 11 is 6.35. The van der Waals surface area contributed by atoms with Crippen LogP contribution in [-0.4, -0.2) is 23.8 Å². The first-order valence-corrected chi connectivity index (χ1v) is 8.99. The topological polar surface area (TPSA) is 47.6 Å². The molecule has 1 fully saturated rings. The Morgan fingerprint density at radius 2 is 1.91 bits per heavy atom. The normalized spacial score (nSPS) is 20.8. The van der Waals surface area contributed by atoms with Crippen LogP contribution in [0, 0.1) is 5.82 Å². The molecule has 1 aliphatic carbocycles. The lowest BCUT2D eigenvalue weighted by Crippen LogP contribution is -2.52. The third-order valence-electron chi connectivity index (χ3n) is 3.42. The van der Waals surface area contributed by atoms with Gasteiger partial charge in [0.15, 0.2) is 5.82 Å². The van der Waals surface area contributed by atoms with Crippen LogP contribution in [0.1, 0.15) is 39.2 Å². The van der Waals surface area contributed by atoms with Crippen LogP contribution in [0.4, 0.5) is 9.18 Å². The molecule has 4 nitrogen and oxygen atoms in total. The molecular formula is C16H20Br2FNO3. The summed E-state index contributed by atoms with van der Waals surface area (Å²) in [7, 11) is 0. The van der Waals surface area contributed by atoms with Gasteiger partial charge in [-0.05, 0) is 83.2 Å². The number of hydrogen-bond acceptors (Lipinski definition) is 3. The molecule has 23 heavy (non-hydrogen) atoms. The first-order valence-electron chi connectivity index (χ1n) is 7.40. The van der Waals surface area contributed by atoms with Gasteiger partial charge in [-0.25, -0.2) is 9.18 Å². The second-order valence-corrected chi connectivity index (χ2v) is 8.26. The van der Waals surface area contributed by atoms with Gasteiger partial charge in [-0.15, -0.1) is 0 Å². The third kappa shape index (κ3) is 5.43. The van der Waals surface area contributed by atoms with Gasteiger partial charge in [0.2, 0.25) is 0 Å². The second-order valence-electron chi connectivity index (χ2n) is 6.55. The molecule has 2 rings (SSSR count). The number of ether oxygens (including phenoxy) is 2. The van der Waals surface area contributed by atoms with Crippen LogP contribution in [0.15, 0.2) is 21.1 Å². The number of amides is 1. The molecule has 128 valence electrons. The van der Waals surface area contributed by atoms with Crippen LogP contribution >= 0.6 is 31.9 Å². The van der Waals surface area contributed by atoms with Crippen LogP contribution in [0.5, 0.6) is 0 Å². The summed E-state index contributed by atoms with van der Waals surface area (Å²) in [6.07, 6.45) is 1.26. The zero-order valence-corrected chi connectivity index (χ0v) is 16.5. The molecule has 0 saturated heterocycles. The predicted octanol–water partition coefficient (Wildman–Crippen LogP) is 4.92. The van der Waals surface area contributed by atoms with E-state index in [1.165, 1.54) is 0 Å². The van der Waals surface area contributed by atoms with Gasteiger partial charge in [0.25, 0.3) is 0 Å². The molecule has 1 aliphatic rings. The third-order valence-corrected chi connectivity index (χ3v) is 4.57. The Balaban J connectivity index is 1.84. The zero-order chi connectivity index (χ0) is 17.2. The lowest BCUT2D eigenvalue weighted by molar-refractivity contribution is -0.0391. The van der Waals surface area contributed by atoms with E-state index in [1.807, 2.05) is 20.8 Å². The average Bonchev–Trinajstić information content (AvgIpc) is 2.39. The maximum atomic E-state index is 13.5. The predicted molar refractivity (Wildman–Crippen MR) is 92.8 cm³/mol.